The van der Waals surface area contributed by atoms with E-state index in [4.69, 9.17) is 0 Å². The second-order valence-corrected chi connectivity index (χ2v) is 6.72. The minimum atomic E-state index is 0. The fourth-order valence-corrected chi connectivity index (χ4v) is 3.78. The number of rotatable bonds is 2. The van der Waals surface area contributed by atoms with Crippen molar-refractivity contribution in [3.63, 3.8) is 0 Å². The molecule has 0 saturated heterocycles. The summed E-state index contributed by atoms with van der Waals surface area (Å²) in [6.07, 6.45) is 4.28. The van der Waals surface area contributed by atoms with Crippen LogP contribution < -0.4 is 9.80 Å². The molecule has 2 aromatic rings. The van der Waals surface area contributed by atoms with Crippen LogP contribution in [0.25, 0.3) is 0 Å². The molecule has 4 heteroatoms. The van der Waals surface area contributed by atoms with Crippen molar-refractivity contribution < 1.29 is 14.6 Å². The van der Waals surface area contributed by atoms with Gasteiger partial charge in [0.15, 0.2) is 0 Å². The van der Waals surface area contributed by atoms with Gasteiger partial charge in [-0.3, -0.25) is 0 Å². The molecule has 0 unspecified atom stereocenters. The second kappa shape index (κ2) is 9.49. The van der Waals surface area contributed by atoms with Crippen molar-refractivity contribution in [1.82, 2.24) is 0 Å². The Kier molecular flexibility index (Phi) is 8.25. The van der Waals surface area contributed by atoms with E-state index in [1.54, 1.807) is 0 Å². The Morgan fingerprint density at radius 1 is 0.654 bits per heavy atom. The summed E-state index contributed by atoms with van der Waals surface area (Å²) in [6, 6.07) is 8.98. The second-order valence-electron chi connectivity index (χ2n) is 6.72. The number of halogens is 1. The van der Waals surface area contributed by atoms with E-state index in [1.807, 2.05) is 0 Å². The van der Waals surface area contributed by atoms with E-state index in [-0.39, 0.29) is 7.43 Å². The Morgan fingerprint density at radius 2 is 0.923 bits per heavy atom. The summed E-state index contributed by atoms with van der Waals surface area (Å²) in [6.45, 7) is 15.2. The number of aryl methyl sites for hydroxylation is 6. The molecule has 0 atom stereocenters. The van der Waals surface area contributed by atoms with Crippen LogP contribution in [0.15, 0.2) is 36.7 Å². The van der Waals surface area contributed by atoms with Crippen molar-refractivity contribution in [3.8, 4) is 0 Å². The first-order valence-electron chi connectivity index (χ1n) is 8.24. The molecule has 2 aromatic carbocycles. The number of hydrogen-bond acceptors (Lipinski definition) is 2. The van der Waals surface area contributed by atoms with Crippen molar-refractivity contribution in [3.05, 3.63) is 84.1 Å². The van der Waals surface area contributed by atoms with Crippen molar-refractivity contribution >= 4 is 21.6 Å². The fourth-order valence-electron chi connectivity index (χ4n) is 3.78. The molecule has 0 aliphatic carbocycles. The predicted molar refractivity (Wildman–Crippen MR) is 112 cm³/mol. The summed E-state index contributed by atoms with van der Waals surface area (Å²) in [5, 5.41) is 0. The molecule has 0 radical (unpaired) electrons. The van der Waals surface area contributed by atoms with E-state index >= 15 is 0 Å². The standard InChI is InChI=1S/C21H25N2.CH3.ClH.Ni/c1-14-9-16(3)20(17(4)10-14)22-7-8-23(13-22)21-18(5)11-15(2)12-19(21)6;;;/h7-13H,1-6H3;1H3;1H;/q2*-1;;+1/p-1. The van der Waals surface area contributed by atoms with Gasteiger partial charge in [-0.25, -0.2) is 0 Å². The van der Waals surface area contributed by atoms with Gasteiger partial charge in [0.25, 0.3) is 0 Å². The molecule has 0 amide bonds. The van der Waals surface area contributed by atoms with E-state index in [1.165, 1.54) is 44.8 Å². The molecule has 0 fully saturated rings. The molecule has 0 bridgehead atoms. The van der Waals surface area contributed by atoms with Crippen LogP contribution in [0.3, 0.4) is 0 Å². The van der Waals surface area contributed by atoms with Gasteiger partial charge >= 0.3 is 24.8 Å². The third kappa shape index (κ3) is 4.64. The minimum absolute atomic E-state index is 0. The van der Waals surface area contributed by atoms with Crippen molar-refractivity contribution in [2.24, 2.45) is 0 Å². The van der Waals surface area contributed by atoms with Gasteiger partial charge in [-0.1, -0.05) is 35.4 Å². The average Bonchev–Trinajstić information content (AvgIpc) is 2.96. The van der Waals surface area contributed by atoms with Crippen LogP contribution >= 0.6 is 10.2 Å². The molecule has 0 aromatic heterocycles. The van der Waals surface area contributed by atoms with Gasteiger partial charge in [0, 0.05) is 11.4 Å². The third-order valence-corrected chi connectivity index (χ3v) is 4.42. The van der Waals surface area contributed by atoms with Gasteiger partial charge in [-0.15, -0.1) is 6.67 Å². The quantitative estimate of drug-likeness (QED) is 0.404. The van der Waals surface area contributed by atoms with Gasteiger partial charge in [-0.05, 0) is 76.2 Å². The molecule has 0 saturated carbocycles. The summed E-state index contributed by atoms with van der Waals surface area (Å²) in [7, 11) is 4.26. The van der Waals surface area contributed by atoms with Gasteiger partial charge in [0.2, 0.25) is 0 Å². The Balaban J connectivity index is 0.00000109. The fraction of sp³-hybridized carbons (Fsp3) is 0.273. The normalized spacial score (nSPS) is 12.7. The van der Waals surface area contributed by atoms with Crippen molar-refractivity contribution in [2.45, 2.75) is 41.5 Å². The molecule has 3 rings (SSSR count). The molecule has 1 aliphatic heterocycles. The van der Waals surface area contributed by atoms with E-state index < -0.39 is 0 Å². The molecule has 26 heavy (non-hydrogen) atoms. The Morgan fingerprint density at radius 3 is 1.19 bits per heavy atom. The number of nitrogens with zero attached hydrogens (tertiary/aromatic N) is 2. The van der Waals surface area contributed by atoms with Gasteiger partial charge < -0.3 is 17.2 Å². The third-order valence-electron chi connectivity index (χ3n) is 4.42. The Labute approximate surface area is 171 Å². The monoisotopic (exact) mass is 413 g/mol. The van der Waals surface area contributed by atoms with Crippen LogP contribution in [-0.2, 0) is 14.6 Å². The van der Waals surface area contributed by atoms with Gasteiger partial charge in [0.05, 0.1) is 0 Å². The predicted octanol–water partition coefficient (Wildman–Crippen LogP) is 6.59. The topological polar surface area (TPSA) is 6.48 Å². The molecule has 1 heterocycles. The first kappa shape index (κ1) is 22.6. The summed E-state index contributed by atoms with van der Waals surface area (Å²) in [5.41, 5.74) is 10.4. The van der Waals surface area contributed by atoms with Crippen molar-refractivity contribution in [2.75, 3.05) is 9.80 Å². The SMILES string of the molecule is Cc1cc(C)c(N2C=CN(c3c(C)cc(C)cc3C)[CH-]2)c(C)c1.[CH3-].[Cl][Ni]. The van der Waals surface area contributed by atoms with E-state index in [0.29, 0.717) is 0 Å². The molecule has 1 aliphatic rings. The maximum atomic E-state index is 4.26. The summed E-state index contributed by atoms with van der Waals surface area (Å²) >= 11 is 3.35. The first-order valence-corrected chi connectivity index (χ1v) is 9.60. The van der Waals surface area contributed by atoms with Crippen LogP contribution in [0.2, 0.25) is 0 Å². The number of anilines is 2. The number of benzene rings is 2. The maximum absolute atomic E-state index is 4.26. The molecule has 0 spiro atoms. The Hall–Kier alpha value is -1.44. The van der Waals surface area contributed by atoms with Crippen LogP contribution in [0.5, 0.6) is 0 Å². The van der Waals surface area contributed by atoms with E-state index in [2.05, 4.69) is 119 Å². The zero-order chi connectivity index (χ0) is 18.7. The van der Waals surface area contributed by atoms with E-state index in [0.717, 1.165) is 0 Å². The summed E-state index contributed by atoms with van der Waals surface area (Å²) in [4.78, 5) is 4.45. The molecule has 145 valence electrons. The summed E-state index contributed by atoms with van der Waals surface area (Å²) in [5.74, 6) is 0. The molecule has 0 N–H and O–H groups in total. The summed E-state index contributed by atoms with van der Waals surface area (Å²) < 4.78 is 0. The molecular formula is C22H28ClN2Ni-2. The number of hydrogen-bond donors (Lipinski definition) is 0. The van der Waals surface area contributed by atoms with Crippen LogP contribution in [0.4, 0.5) is 11.4 Å². The Bertz CT molecular complexity index is 687. The molecular weight excluding hydrogens is 386 g/mol. The van der Waals surface area contributed by atoms with Crippen LogP contribution in [0, 0.1) is 55.6 Å². The zero-order valence-corrected chi connectivity index (χ0v) is 18.4. The van der Waals surface area contributed by atoms with Crippen LogP contribution in [0.1, 0.15) is 33.4 Å². The van der Waals surface area contributed by atoms with Gasteiger partial charge in [-0.2, -0.15) is 0 Å². The average molecular weight is 415 g/mol. The molecule has 2 nitrogen and oxygen atoms in total. The van der Waals surface area contributed by atoms with Crippen molar-refractivity contribution in [1.29, 1.82) is 0 Å². The van der Waals surface area contributed by atoms with E-state index in [9.17, 15) is 0 Å². The van der Waals surface area contributed by atoms with Gasteiger partial charge in [0.1, 0.15) is 0 Å². The van der Waals surface area contributed by atoms with Crippen LogP contribution in [-0.4, -0.2) is 0 Å². The first-order chi connectivity index (χ1) is 11.9. The zero-order valence-electron chi connectivity index (χ0n) is 16.6.